The van der Waals surface area contributed by atoms with Gasteiger partial charge in [0, 0.05) is 51.2 Å². The molecular weight excluding hydrogens is 557 g/mol. The van der Waals surface area contributed by atoms with Crippen molar-refractivity contribution in [2.45, 2.75) is 0 Å². The maximum absolute atomic E-state index is 10.3. The van der Waals surface area contributed by atoms with Crippen LogP contribution in [-0.2, 0) is 0 Å². The zero-order valence-electron chi connectivity index (χ0n) is 50.2. The Bertz CT molecular complexity index is 3530. The second kappa shape index (κ2) is 10.9. The van der Waals surface area contributed by atoms with Crippen molar-refractivity contribution < 1.29 is 37.0 Å². The first-order chi connectivity index (χ1) is 34.1. The molecule has 7 aromatic carbocycles. The van der Waals surface area contributed by atoms with E-state index < -0.39 is 221 Å². The van der Waals surface area contributed by atoms with E-state index in [9.17, 15) is 9.60 Å². The molecule has 0 bridgehead atoms. The van der Waals surface area contributed by atoms with Gasteiger partial charge in [0.2, 0.25) is 0 Å². The molecule has 0 fully saturated rings. The predicted molar refractivity (Wildman–Crippen MR) is 195 cm³/mol. The summed E-state index contributed by atoms with van der Waals surface area (Å²) in [5.74, 6) is 0. The van der Waals surface area contributed by atoms with Crippen LogP contribution >= 0.6 is 0 Å². The summed E-state index contributed by atoms with van der Waals surface area (Å²) in [5, 5.41) is 0. The fourth-order valence-corrected chi connectivity index (χ4v) is 5.72. The van der Waals surface area contributed by atoms with Crippen molar-refractivity contribution in [3.8, 4) is 0 Å². The summed E-state index contributed by atoms with van der Waals surface area (Å²) in [6.45, 7) is -1.77. The second-order valence-corrected chi connectivity index (χ2v) is 9.79. The summed E-state index contributed by atoms with van der Waals surface area (Å²) in [4.78, 5) is 2.33. The minimum Gasteiger partial charge on any atom is -0.311 e. The lowest BCUT2D eigenvalue weighted by Crippen LogP contribution is -2.61. The first-order valence-electron chi connectivity index (χ1n) is 27.1. The quantitative estimate of drug-likeness (QED) is 0.179. The van der Waals surface area contributed by atoms with Crippen LogP contribution in [0.3, 0.4) is 0 Å². The van der Waals surface area contributed by atoms with E-state index in [4.69, 9.17) is 27.4 Å². The van der Waals surface area contributed by atoms with Gasteiger partial charge >= 0.3 is 0 Å². The van der Waals surface area contributed by atoms with Gasteiger partial charge in [0.1, 0.15) is 0 Å². The van der Waals surface area contributed by atoms with E-state index in [0.717, 1.165) is 9.80 Å². The topological polar surface area (TPSA) is 9.72 Å². The molecule has 2 aliphatic heterocycles. The third kappa shape index (κ3) is 4.15. The number of hydrogen-bond donors (Lipinski definition) is 0. The first kappa shape index (κ1) is 10.8. The summed E-state index contributed by atoms with van der Waals surface area (Å²) in [5.41, 5.74) is -7.25. The standard InChI is InChI=1S/C42H30BN3/c1-5-16-31(17-6-1)44(32-18-7-2-8-19-32)35-28-29-37-41(30-35)46(34-22-11-4-12-23-34)40-27-15-26-39-42(40)43(37)36-24-13-14-25-38(36)45(39)33-20-9-3-10-21-33/h1-30H/i1D,2D,3D,4D,5D,6D,7D,8D,9D,10D,11D,12D,13D,14D,16D,17D,18D,19D,20D,21D,22D,23D,24D,25D,28D,29D,30D. The van der Waals surface area contributed by atoms with Crippen LogP contribution in [-0.4, -0.2) is 6.71 Å². The molecule has 9 rings (SSSR count). The number of para-hydroxylation sites is 5. The Kier molecular flexibility index (Phi) is 2.56. The van der Waals surface area contributed by atoms with Gasteiger partial charge in [0.05, 0.1) is 37.0 Å². The van der Waals surface area contributed by atoms with E-state index in [1.807, 2.05) is 0 Å². The van der Waals surface area contributed by atoms with Crippen LogP contribution in [0.2, 0.25) is 0 Å². The van der Waals surface area contributed by atoms with Crippen LogP contribution in [0, 0.1) is 0 Å². The third-order valence-electron chi connectivity index (χ3n) is 7.42. The van der Waals surface area contributed by atoms with Crippen molar-refractivity contribution in [3.05, 3.63) is 181 Å². The molecule has 0 saturated carbocycles. The molecule has 0 radical (unpaired) electrons. The Morgan fingerprint density at radius 1 is 0.435 bits per heavy atom. The van der Waals surface area contributed by atoms with Crippen LogP contribution < -0.4 is 31.1 Å². The van der Waals surface area contributed by atoms with Gasteiger partial charge in [-0.2, -0.15) is 0 Å². The Morgan fingerprint density at radius 3 is 1.50 bits per heavy atom. The molecule has 0 atom stereocenters. The molecule has 7 aromatic rings. The average Bonchev–Trinajstić information content (AvgIpc) is 3.37. The fourth-order valence-electron chi connectivity index (χ4n) is 5.72. The molecule has 4 heteroatoms. The molecule has 216 valence electrons. The highest BCUT2D eigenvalue weighted by Gasteiger charge is 2.43. The summed E-state index contributed by atoms with van der Waals surface area (Å²) >= 11 is 0. The van der Waals surface area contributed by atoms with Crippen molar-refractivity contribution >= 4 is 74.3 Å². The zero-order valence-corrected chi connectivity index (χ0v) is 23.2. The molecule has 2 heterocycles. The minimum absolute atomic E-state index is 0.167. The molecule has 0 spiro atoms. The number of nitrogens with zero attached hydrogens (tertiary/aromatic N) is 3. The number of hydrogen-bond acceptors (Lipinski definition) is 3. The average molecular weight is 615 g/mol. The van der Waals surface area contributed by atoms with Gasteiger partial charge < -0.3 is 14.7 Å². The summed E-state index contributed by atoms with van der Waals surface area (Å²) in [6, 6.07) is -21.8. The molecule has 46 heavy (non-hydrogen) atoms. The molecule has 2 aliphatic rings. The molecule has 0 aromatic heterocycles. The summed E-state index contributed by atoms with van der Waals surface area (Å²) < 4.78 is 242. The largest absolute Gasteiger partial charge is 0.311 e. The molecule has 0 unspecified atom stereocenters. The zero-order chi connectivity index (χ0) is 53.9. The van der Waals surface area contributed by atoms with Crippen LogP contribution in [0.25, 0.3) is 0 Å². The molecule has 0 N–H and O–H groups in total. The Labute approximate surface area is 308 Å². The monoisotopic (exact) mass is 614 g/mol. The van der Waals surface area contributed by atoms with E-state index in [0.29, 0.717) is 4.90 Å². The van der Waals surface area contributed by atoms with Crippen molar-refractivity contribution in [3.63, 3.8) is 0 Å². The highest BCUT2D eigenvalue weighted by Crippen LogP contribution is 2.45. The smallest absolute Gasteiger partial charge is 0.252 e. The lowest BCUT2D eigenvalue weighted by Gasteiger charge is -2.44. The molecule has 0 aliphatic carbocycles. The molecule has 0 amide bonds. The van der Waals surface area contributed by atoms with Crippen molar-refractivity contribution in [2.75, 3.05) is 14.7 Å². The van der Waals surface area contributed by atoms with E-state index >= 15 is 0 Å². The molecule has 3 nitrogen and oxygen atoms in total. The first-order valence-corrected chi connectivity index (χ1v) is 13.6. The van der Waals surface area contributed by atoms with Crippen molar-refractivity contribution in [1.29, 1.82) is 0 Å². The van der Waals surface area contributed by atoms with Crippen LogP contribution in [0.1, 0.15) is 37.0 Å². The summed E-state index contributed by atoms with van der Waals surface area (Å²) in [7, 11) is 0. The summed E-state index contributed by atoms with van der Waals surface area (Å²) in [6.07, 6.45) is 0. The SMILES string of the molecule is [2H]c1c([2H])c([2H])c(N2c3cccc4c3B(c3c([2H])c([2H])c([2H])c([2H])c32)c2c([2H])c([2H])c(N(c3c([2H])c([2H])c([2H])c([2H])c3[2H])c3c([2H])c([2H])c([2H])c([2H])c3[2H])c([2H])c2N4c2c([2H])c([2H])c([2H])c([2H])c2[2H])c([2H])c1[2H]. The molecular formula is C42H30BN3. The minimum atomic E-state index is -1.77. The molecule has 0 saturated heterocycles. The van der Waals surface area contributed by atoms with E-state index in [1.165, 1.54) is 18.2 Å². The lowest BCUT2D eigenvalue weighted by atomic mass is 9.33. The third-order valence-corrected chi connectivity index (χ3v) is 7.42. The van der Waals surface area contributed by atoms with Crippen LogP contribution in [0.4, 0.5) is 51.2 Å². The highest BCUT2D eigenvalue weighted by atomic mass is 15.2. The highest BCUT2D eigenvalue weighted by molar-refractivity contribution is 7.00. The number of fused-ring (bicyclic) bond motifs is 4. The van der Waals surface area contributed by atoms with Gasteiger partial charge in [-0.3, -0.25) is 0 Å². The number of benzene rings is 7. The van der Waals surface area contributed by atoms with Crippen LogP contribution in [0.15, 0.2) is 181 Å². The van der Waals surface area contributed by atoms with Crippen LogP contribution in [0.5, 0.6) is 0 Å². The van der Waals surface area contributed by atoms with Gasteiger partial charge in [0.25, 0.3) is 6.71 Å². The van der Waals surface area contributed by atoms with E-state index in [1.54, 1.807) is 0 Å². The Balaban J connectivity index is 1.56. The van der Waals surface area contributed by atoms with Crippen molar-refractivity contribution in [2.24, 2.45) is 0 Å². The van der Waals surface area contributed by atoms with Gasteiger partial charge in [-0.15, -0.1) is 0 Å². The number of rotatable bonds is 5. The maximum atomic E-state index is 10.3. The maximum Gasteiger partial charge on any atom is 0.252 e. The lowest BCUT2D eigenvalue weighted by molar-refractivity contribution is 1.24. The Hall–Kier alpha value is -6.00. The second-order valence-electron chi connectivity index (χ2n) is 9.79. The number of anilines is 9. The predicted octanol–water partition coefficient (Wildman–Crippen LogP) is 9.24. The van der Waals surface area contributed by atoms with E-state index in [-0.39, 0.29) is 16.8 Å². The van der Waals surface area contributed by atoms with Gasteiger partial charge in [-0.05, 0) is 95.0 Å². The van der Waals surface area contributed by atoms with E-state index in [2.05, 4.69) is 0 Å². The van der Waals surface area contributed by atoms with Gasteiger partial charge in [-0.25, -0.2) is 0 Å². The normalized spacial score (nSPS) is 20.9. The van der Waals surface area contributed by atoms with Gasteiger partial charge in [-0.1, -0.05) is 103 Å². The fraction of sp³-hybridized carbons (Fsp3) is 0. The van der Waals surface area contributed by atoms with Gasteiger partial charge in [0.15, 0.2) is 0 Å². The Morgan fingerprint density at radius 2 is 0.913 bits per heavy atom. The van der Waals surface area contributed by atoms with Crippen molar-refractivity contribution in [1.82, 2.24) is 0 Å².